The van der Waals surface area contributed by atoms with E-state index in [-0.39, 0.29) is 23.3 Å². The summed E-state index contributed by atoms with van der Waals surface area (Å²) in [7, 11) is 0. The molecule has 6 nitrogen and oxygen atoms in total. The lowest BCUT2D eigenvalue weighted by Crippen LogP contribution is -2.23. The van der Waals surface area contributed by atoms with Gasteiger partial charge in [-0.1, -0.05) is 23.7 Å². The number of nitro benzene ring substituents is 1. The molecule has 0 saturated heterocycles. The van der Waals surface area contributed by atoms with Gasteiger partial charge in [-0.3, -0.25) is 14.9 Å². The first-order valence-corrected chi connectivity index (χ1v) is 6.49. The molecule has 0 bridgehead atoms. The Balaban J connectivity index is 2.07. The van der Waals surface area contributed by atoms with E-state index in [4.69, 9.17) is 11.6 Å². The highest BCUT2D eigenvalue weighted by molar-refractivity contribution is 6.29. The van der Waals surface area contributed by atoms with Crippen molar-refractivity contribution in [3.05, 3.63) is 68.5 Å². The fourth-order valence-electron chi connectivity index (χ4n) is 1.82. The molecule has 7 heteroatoms. The number of hydrogen-bond donors (Lipinski definition) is 1. The number of benzene rings is 1. The van der Waals surface area contributed by atoms with Crippen LogP contribution in [0.5, 0.6) is 0 Å². The number of carbonyl (C=O) groups is 1. The normalized spacial score (nSPS) is 10.2. The van der Waals surface area contributed by atoms with E-state index in [9.17, 15) is 14.9 Å². The van der Waals surface area contributed by atoms with Gasteiger partial charge in [0, 0.05) is 29.9 Å². The third-order valence-corrected chi connectivity index (χ3v) is 2.95. The number of pyridine rings is 1. The summed E-state index contributed by atoms with van der Waals surface area (Å²) in [5, 5.41) is 13.6. The maximum Gasteiger partial charge on any atom is 0.269 e. The molecule has 2 rings (SSSR count). The van der Waals surface area contributed by atoms with E-state index in [1.54, 1.807) is 25.1 Å². The molecule has 0 radical (unpaired) electrons. The summed E-state index contributed by atoms with van der Waals surface area (Å²) in [6.07, 6.45) is 0. The number of nitrogens with one attached hydrogen (secondary N) is 1. The molecule has 1 heterocycles. The first kappa shape index (κ1) is 14.9. The summed E-state index contributed by atoms with van der Waals surface area (Å²) in [4.78, 5) is 26.2. The van der Waals surface area contributed by atoms with E-state index in [0.29, 0.717) is 16.8 Å². The van der Waals surface area contributed by atoms with Crippen molar-refractivity contribution in [3.8, 4) is 0 Å². The highest BCUT2D eigenvalue weighted by Gasteiger charge is 2.09. The van der Waals surface area contributed by atoms with Gasteiger partial charge in [0.05, 0.1) is 4.92 Å². The van der Waals surface area contributed by atoms with Crippen molar-refractivity contribution < 1.29 is 9.72 Å². The molecule has 0 saturated carbocycles. The second-order valence-electron chi connectivity index (χ2n) is 4.43. The van der Waals surface area contributed by atoms with Crippen LogP contribution >= 0.6 is 11.6 Å². The van der Waals surface area contributed by atoms with Crippen molar-refractivity contribution in [2.24, 2.45) is 0 Å². The van der Waals surface area contributed by atoms with Gasteiger partial charge in [-0.15, -0.1) is 0 Å². The Morgan fingerprint density at radius 3 is 2.81 bits per heavy atom. The first-order valence-electron chi connectivity index (χ1n) is 6.11. The highest BCUT2D eigenvalue weighted by Crippen LogP contribution is 2.14. The van der Waals surface area contributed by atoms with Gasteiger partial charge in [-0.2, -0.15) is 0 Å². The first-order chi connectivity index (χ1) is 9.95. The van der Waals surface area contributed by atoms with Crippen LogP contribution in [0.1, 0.15) is 21.6 Å². The fraction of sp³-hybridized carbons (Fsp3) is 0.143. The third kappa shape index (κ3) is 4.00. The molecule has 1 aromatic heterocycles. The molecule has 1 amide bonds. The lowest BCUT2D eigenvalue weighted by molar-refractivity contribution is -0.384. The quantitative estimate of drug-likeness (QED) is 0.534. The zero-order chi connectivity index (χ0) is 15.4. The van der Waals surface area contributed by atoms with Gasteiger partial charge >= 0.3 is 0 Å². The molecular weight excluding hydrogens is 294 g/mol. The predicted octanol–water partition coefficient (Wildman–Crippen LogP) is 2.88. The minimum absolute atomic E-state index is 0.00968. The minimum Gasteiger partial charge on any atom is -0.348 e. The van der Waals surface area contributed by atoms with Gasteiger partial charge < -0.3 is 5.32 Å². The van der Waals surface area contributed by atoms with Crippen LogP contribution in [-0.2, 0) is 6.54 Å². The summed E-state index contributed by atoms with van der Waals surface area (Å²) in [5.74, 6) is -0.311. The molecule has 0 spiro atoms. The summed E-state index contributed by atoms with van der Waals surface area (Å²) in [6.45, 7) is 1.93. The van der Waals surface area contributed by atoms with E-state index in [1.807, 2.05) is 0 Å². The lowest BCUT2D eigenvalue weighted by atomic mass is 10.2. The number of nitro groups is 1. The van der Waals surface area contributed by atoms with Crippen molar-refractivity contribution in [1.29, 1.82) is 0 Å². The second kappa shape index (κ2) is 6.32. The van der Waals surface area contributed by atoms with Gasteiger partial charge in [0.15, 0.2) is 0 Å². The third-order valence-electron chi connectivity index (χ3n) is 2.76. The number of carbonyl (C=O) groups excluding carboxylic acids is 1. The lowest BCUT2D eigenvalue weighted by Gasteiger charge is -2.06. The average molecular weight is 306 g/mol. The summed E-state index contributed by atoms with van der Waals surface area (Å²) in [6, 6.07) is 9.19. The minimum atomic E-state index is -0.475. The van der Waals surface area contributed by atoms with Crippen LogP contribution in [-0.4, -0.2) is 15.8 Å². The number of nitrogens with zero attached hydrogens (tertiary/aromatic N) is 2. The monoisotopic (exact) mass is 305 g/mol. The van der Waals surface area contributed by atoms with Crippen LogP contribution < -0.4 is 5.32 Å². The summed E-state index contributed by atoms with van der Waals surface area (Å²) >= 11 is 5.80. The zero-order valence-electron chi connectivity index (χ0n) is 11.2. The Bertz CT molecular complexity index is 683. The maximum atomic E-state index is 12.0. The van der Waals surface area contributed by atoms with Gasteiger partial charge in [0.25, 0.3) is 11.6 Å². The van der Waals surface area contributed by atoms with Crippen LogP contribution in [0.3, 0.4) is 0 Å². The van der Waals surface area contributed by atoms with E-state index < -0.39 is 4.92 Å². The van der Waals surface area contributed by atoms with Crippen LogP contribution in [0.4, 0.5) is 5.69 Å². The highest BCUT2D eigenvalue weighted by atomic mass is 35.5. The smallest absolute Gasteiger partial charge is 0.269 e. The number of hydrogen-bond acceptors (Lipinski definition) is 4. The molecular formula is C14H12ClN3O3. The standard InChI is InChI=1S/C14H12ClN3O3/c1-9-5-11(7-13(15)17-9)14(19)16-8-10-3-2-4-12(6-10)18(20)21/h2-7H,8H2,1H3,(H,16,19). The van der Waals surface area contributed by atoms with Crippen molar-refractivity contribution in [1.82, 2.24) is 10.3 Å². The largest absolute Gasteiger partial charge is 0.348 e. The molecule has 0 aliphatic heterocycles. The Kier molecular flexibility index (Phi) is 4.49. The number of aromatic nitrogens is 1. The molecule has 0 aliphatic carbocycles. The van der Waals surface area contributed by atoms with Gasteiger partial charge in [-0.25, -0.2) is 4.98 Å². The topological polar surface area (TPSA) is 85.1 Å². The van der Waals surface area contributed by atoms with E-state index >= 15 is 0 Å². The average Bonchev–Trinajstić information content (AvgIpc) is 2.44. The zero-order valence-corrected chi connectivity index (χ0v) is 11.9. The molecule has 2 aromatic rings. The fourth-order valence-corrected chi connectivity index (χ4v) is 2.07. The predicted molar refractivity (Wildman–Crippen MR) is 78.3 cm³/mol. The Labute approximate surface area is 125 Å². The van der Waals surface area contributed by atoms with Gasteiger partial charge in [-0.05, 0) is 24.6 Å². The van der Waals surface area contributed by atoms with Gasteiger partial charge in [0.1, 0.15) is 5.15 Å². The molecule has 0 aliphatic rings. The van der Waals surface area contributed by atoms with Crippen molar-refractivity contribution in [2.45, 2.75) is 13.5 Å². The number of rotatable bonds is 4. The molecule has 1 N–H and O–H groups in total. The van der Waals surface area contributed by atoms with Crippen molar-refractivity contribution >= 4 is 23.2 Å². The number of halogens is 1. The second-order valence-corrected chi connectivity index (χ2v) is 4.82. The summed E-state index contributed by atoms with van der Waals surface area (Å²) in [5.41, 5.74) is 1.68. The number of aryl methyl sites for hydroxylation is 1. The molecule has 108 valence electrons. The maximum absolute atomic E-state index is 12.0. The van der Waals surface area contributed by atoms with E-state index in [0.717, 1.165) is 0 Å². The van der Waals surface area contributed by atoms with Crippen LogP contribution in [0.15, 0.2) is 36.4 Å². The Hall–Kier alpha value is -2.47. The molecule has 0 atom stereocenters. The Morgan fingerprint density at radius 1 is 1.38 bits per heavy atom. The Morgan fingerprint density at radius 2 is 2.14 bits per heavy atom. The van der Waals surface area contributed by atoms with E-state index in [1.165, 1.54) is 18.2 Å². The van der Waals surface area contributed by atoms with Crippen LogP contribution in [0.2, 0.25) is 5.15 Å². The van der Waals surface area contributed by atoms with Crippen LogP contribution in [0.25, 0.3) is 0 Å². The SMILES string of the molecule is Cc1cc(C(=O)NCc2cccc([N+](=O)[O-])c2)cc(Cl)n1. The van der Waals surface area contributed by atoms with Crippen molar-refractivity contribution in [2.75, 3.05) is 0 Å². The molecule has 0 fully saturated rings. The number of amides is 1. The number of non-ortho nitro benzene ring substituents is 1. The molecule has 1 aromatic carbocycles. The summed E-state index contributed by atoms with van der Waals surface area (Å²) < 4.78 is 0. The molecule has 0 unspecified atom stereocenters. The van der Waals surface area contributed by atoms with Crippen molar-refractivity contribution in [3.63, 3.8) is 0 Å². The van der Waals surface area contributed by atoms with Gasteiger partial charge in [0.2, 0.25) is 0 Å². The van der Waals surface area contributed by atoms with E-state index in [2.05, 4.69) is 10.3 Å². The van der Waals surface area contributed by atoms with Crippen LogP contribution in [0, 0.1) is 17.0 Å². The molecule has 21 heavy (non-hydrogen) atoms.